The molecule has 0 bridgehead atoms. The van der Waals surface area contributed by atoms with E-state index in [-0.39, 0.29) is 18.9 Å². The van der Waals surface area contributed by atoms with Crippen molar-refractivity contribution < 1.29 is 28.9 Å². The van der Waals surface area contributed by atoms with E-state index in [0.717, 1.165) is 5.56 Å². The van der Waals surface area contributed by atoms with Crippen LogP contribution in [0.15, 0.2) is 18.2 Å². The molecule has 0 saturated carbocycles. The van der Waals surface area contributed by atoms with Crippen molar-refractivity contribution in [1.29, 1.82) is 0 Å². The molecule has 2 rings (SSSR count). The SMILES string of the molecule is COCC1(C(=O)O)CCCN1C(=O)CCc1cc(OC)cc(OC)c1. The van der Waals surface area contributed by atoms with E-state index in [0.29, 0.717) is 37.3 Å². The highest BCUT2D eigenvalue weighted by atomic mass is 16.5. The Bertz CT molecular complexity index is 610. The Kier molecular flexibility index (Phi) is 6.25. The molecule has 1 saturated heterocycles. The average molecular weight is 351 g/mol. The molecule has 1 heterocycles. The minimum absolute atomic E-state index is 0.00105. The van der Waals surface area contributed by atoms with Gasteiger partial charge in [-0.1, -0.05) is 0 Å². The van der Waals surface area contributed by atoms with E-state index in [1.54, 1.807) is 20.3 Å². The first-order valence-electron chi connectivity index (χ1n) is 8.21. The van der Waals surface area contributed by atoms with E-state index >= 15 is 0 Å². The van der Waals surface area contributed by atoms with Gasteiger partial charge in [0.25, 0.3) is 0 Å². The number of methoxy groups -OCH3 is 3. The molecule has 25 heavy (non-hydrogen) atoms. The highest BCUT2D eigenvalue weighted by Gasteiger charge is 2.49. The number of likely N-dealkylation sites (tertiary alicyclic amines) is 1. The molecular weight excluding hydrogens is 326 g/mol. The Hall–Kier alpha value is -2.28. The molecule has 0 aliphatic carbocycles. The number of carbonyl (C=O) groups is 2. The van der Waals surface area contributed by atoms with Gasteiger partial charge in [-0.3, -0.25) is 4.79 Å². The molecule has 1 aliphatic rings. The Morgan fingerprint density at radius 2 is 1.80 bits per heavy atom. The monoisotopic (exact) mass is 351 g/mol. The topological polar surface area (TPSA) is 85.3 Å². The predicted octanol–water partition coefficient (Wildman–Crippen LogP) is 1.73. The molecule has 7 heteroatoms. The van der Waals surface area contributed by atoms with E-state index in [9.17, 15) is 14.7 Å². The lowest BCUT2D eigenvalue weighted by Gasteiger charge is -2.34. The van der Waals surface area contributed by atoms with Crippen LogP contribution in [0.3, 0.4) is 0 Å². The number of carboxylic acids is 1. The van der Waals surface area contributed by atoms with E-state index in [4.69, 9.17) is 14.2 Å². The molecule has 1 amide bonds. The third-order valence-electron chi connectivity index (χ3n) is 4.61. The van der Waals surface area contributed by atoms with E-state index in [1.807, 2.05) is 12.1 Å². The van der Waals surface area contributed by atoms with Crippen LogP contribution in [0.25, 0.3) is 0 Å². The second kappa shape index (κ2) is 8.20. The standard InChI is InChI=1S/C18H25NO6/c1-23-12-18(17(21)22)7-4-8-19(18)16(20)6-5-13-9-14(24-2)11-15(10-13)25-3/h9-11H,4-8,12H2,1-3H3,(H,21,22). The van der Waals surface area contributed by atoms with Crippen LogP contribution in [0.2, 0.25) is 0 Å². The van der Waals surface area contributed by atoms with Crippen LogP contribution in [0.4, 0.5) is 0 Å². The number of hydrogen-bond acceptors (Lipinski definition) is 5. The maximum absolute atomic E-state index is 12.7. The summed E-state index contributed by atoms with van der Waals surface area (Å²) in [5, 5.41) is 9.63. The van der Waals surface area contributed by atoms with Crippen LogP contribution < -0.4 is 9.47 Å². The van der Waals surface area contributed by atoms with Gasteiger partial charge in [-0.15, -0.1) is 0 Å². The number of amides is 1. The lowest BCUT2D eigenvalue weighted by atomic mass is 9.96. The van der Waals surface area contributed by atoms with Gasteiger partial charge in [0.15, 0.2) is 5.54 Å². The van der Waals surface area contributed by atoms with Crippen LogP contribution >= 0.6 is 0 Å². The van der Waals surface area contributed by atoms with Crippen molar-refractivity contribution in [2.24, 2.45) is 0 Å². The third kappa shape index (κ3) is 4.04. The van der Waals surface area contributed by atoms with Gasteiger partial charge in [0, 0.05) is 26.1 Å². The number of carboxylic acid groups (broad SMARTS) is 1. The zero-order chi connectivity index (χ0) is 18.4. The first-order chi connectivity index (χ1) is 12.0. The van der Waals surface area contributed by atoms with Crippen LogP contribution in [0.1, 0.15) is 24.8 Å². The second-order valence-corrected chi connectivity index (χ2v) is 6.14. The fraction of sp³-hybridized carbons (Fsp3) is 0.556. The fourth-order valence-corrected chi connectivity index (χ4v) is 3.31. The molecular formula is C18H25NO6. The molecule has 0 radical (unpaired) electrons. The van der Waals surface area contributed by atoms with Crippen molar-refractivity contribution in [3.63, 3.8) is 0 Å². The van der Waals surface area contributed by atoms with Crippen LogP contribution in [-0.4, -0.2) is 61.9 Å². The Labute approximate surface area is 147 Å². The van der Waals surface area contributed by atoms with Gasteiger partial charge < -0.3 is 24.2 Å². The Morgan fingerprint density at radius 1 is 1.16 bits per heavy atom. The highest BCUT2D eigenvalue weighted by molar-refractivity contribution is 5.88. The molecule has 0 aromatic heterocycles. The number of aliphatic carboxylic acids is 1. The molecule has 1 N–H and O–H groups in total. The summed E-state index contributed by atoms with van der Waals surface area (Å²) >= 11 is 0. The quantitative estimate of drug-likeness (QED) is 0.768. The van der Waals surface area contributed by atoms with Crippen molar-refractivity contribution >= 4 is 11.9 Å². The third-order valence-corrected chi connectivity index (χ3v) is 4.61. The highest BCUT2D eigenvalue weighted by Crippen LogP contribution is 2.31. The minimum atomic E-state index is -1.25. The average Bonchev–Trinajstić information content (AvgIpc) is 3.04. The molecule has 1 fully saturated rings. The lowest BCUT2D eigenvalue weighted by molar-refractivity contribution is -0.160. The summed E-state index contributed by atoms with van der Waals surface area (Å²) in [5.74, 6) is 0.117. The second-order valence-electron chi connectivity index (χ2n) is 6.14. The molecule has 7 nitrogen and oxygen atoms in total. The van der Waals surface area contributed by atoms with Gasteiger partial charge >= 0.3 is 5.97 Å². The molecule has 1 aromatic carbocycles. The van der Waals surface area contributed by atoms with E-state index in [1.165, 1.54) is 12.0 Å². The van der Waals surface area contributed by atoms with Crippen molar-refractivity contribution in [3.05, 3.63) is 23.8 Å². The van der Waals surface area contributed by atoms with Gasteiger partial charge in [-0.05, 0) is 37.0 Å². The van der Waals surface area contributed by atoms with Gasteiger partial charge in [0.1, 0.15) is 11.5 Å². The number of rotatable bonds is 8. The van der Waals surface area contributed by atoms with E-state index in [2.05, 4.69) is 0 Å². The summed E-state index contributed by atoms with van der Waals surface area (Å²) < 4.78 is 15.5. The number of carbonyl (C=O) groups excluding carboxylic acids is 1. The number of nitrogens with zero attached hydrogens (tertiary/aromatic N) is 1. The van der Waals surface area contributed by atoms with Gasteiger partial charge in [-0.25, -0.2) is 4.79 Å². The largest absolute Gasteiger partial charge is 0.497 e. The smallest absolute Gasteiger partial charge is 0.332 e. The van der Waals surface area contributed by atoms with Gasteiger partial charge in [-0.2, -0.15) is 0 Å². The van der Waals surface area contributed by atoms with Crippen molar-refractivity contribution in [2.75, 3.05) is 34.5 Å². The predicted molar refractivity (Wildman–Crippen MR) is 91.1 cm³/mol. The molecule has 0 spiro atoms. The number of ether oxygens (including phenoxy) is 3. The zero-order valence-corrected chi connectivity index (χ0v) is 14.9. The number of aryl methyl sites for hydroxylation is 1. The summed E-state index contributed by atoms with van der Waals surface area (Å²) in [5.41, 5.74) is -0.353. The fourth-order valence-electron chi connectivity index (χ4n) is 3.31. The minimum Gasteiger partial charge on any atom is -0.497 e. The molecule has 1 aromatic rings. The van der Waals surface area contributed by atoms with Gasteiger partial charge in [0.2, 0.25) is 5.91 Å². The number of hydrogen-bond donors (Lipinski definition) is 1. The first kappa shape index (κ1) is 19.1. The zero-order valence-electron chi connectivity index (χ0n) is 14.9. The normalized spacial score (nSPS) is 19.7. The lowest BCUT2D eigenvalue weighted by Crippen LogP contribution is -2.56. The number of benzene rings is 1. The molecule has 1 aliphatic heterocycles. The summed E-state index contributed by atoms with van der Waals surface area (Å²) in [7, 11) is 4.59. The Morgan fingerprint density at radius 3 is 2.32 bits per heavy atom. The maximum Gasteiger partial charge on any atom is 0.332 e. The summed E-state index contributed by atoms with van der Waals surface area (Å²) in [6, 6.07) is 5.46. The van der Waals surface area contributed by atoms with Crippen molar-refractivity contribution in [1.82, 2.24) is 4.90 Å². The van der Waals surface area contributed by atoms with Crippen LogP contribution in [0.5, 0.6) is 11.5 Å². The summed E-state index contributed by atoms with van der Waals surface area (Å²) in [4.78, 5) is 25.9. The first-order valence-corrected chi connectivity index (χ1v) is 8.21. The van der Waals surface area contributed by atoms with Crippen LogP contribution in [-0.2, 0) is 20.7 Å². The van der Waals surface area contributed by atoms with E-state index < -0.39 is 11.5 Å². The van der Waals surface area contributed by atoms with Crippen molar-refractivity contribution in [2.45, 2.75) is 31.2 Å². The van der Waals surface area contributed by atoms with Gasteiger partial charge in [0.05, 0.1) is 20.8 Å². The maximum atomic E-state index is 12.7. The summed E-state index contributed by atoms with van der Waals surface area (Å²) in [6.45, 7) is 0.441. The Balaban J connectivity index is 2.10. The molecule has 138 valence electrons. The summed E-state index contributed by atoms with van der Waals surface area (Å²) in [6.07, 6.45) is 1.77. The van der Waals surface area contributed by atoms with Crippen molar-refractivity contribution in [3.8, 4) is 11.5 Å². The molecule has 1 unspecified atom stereocenters. The van der Waals surface area contributed by atoms with Crippen LogP contribution in [0, 0.1) is 0 Å². The molecule has 1 atom stereocenters.